The molecule has 3 heterocycles. The van der Waals surface area contributed by atoms with E-state index in [4.69, 9.17) is 4.74 Å². The third-order valence-corrected chi connectivity index (χ3v) is 2.78. The number of nitrogens with zero attached hydrogens (tertiary/aromatic N) is 4. The highest BCUT2D eigenvalue weighted by Gasteiger charge is 2.20. The van der Waals surface area contributed by atoms with E-state index >= 15 is 0 Å². The fourth-order valence-electron chi connectivity index (χ4n) is 1.77. The lowest BCUT2D eigenvalue weighted by atomic mass is 10.2. The first-order chi connectivity index (χ1) is 8.29. The molecule has 3 rings (SSSR count). The van der Waals surface area contributed by atoms with Gasteiger partial charge in [0.25, 0.3) is 0 Å². The van der Waals surface area contributed by atoms with Gasteiger partial charge in [0.05, 0.1) is 19.3 Å². The van der Waals surface area contributed by atoms with Crippen LogP contribution in [0.3, 0.4) is 0 Å². The highest BCUT2D eigenvalue weighted by Crippen LogP contribution is 2.13. The third kappa shape index (κ3) is 1.59. The molecular formula is C10H13N5O2. The van der Waals surface area contributed by atoms with Gasteiger partial charge in [-0.25, -0.2) is 18.9 Å². The number of nitrogens with one attached hydrogen (secondary N) is 1. The van der Waals surface area contributed by atoms with Crippen molar-refractivity contribution in [3.63, 3.8) is 0 Å². The van der Waals surface area contributed by atoms with Crippen molar-refractivity contribution in [1.29, 1.82) is 0 Å². The summed E-state index contributed by atoms with van der Waals surface area (Å²) in [5.41, 5.74) is 0.420. The maximum Gasteiger partial charge on any atom is 0.350 e. The van der Waals surface area contributed by atoms with Gasteiger partial charge in [-0.3, -0.25) is 0 Å². The lowest BCUT2D eigenvalue weighted by Crippen LogP contribution is -2.40. The molecule has 0 atom stereocenters. The molecule has 7 heteroatoms. The second-order valence-corrected chi connectivity index (χ2v) is 3.95. The maximum atomic E-state index is 11.9. The first-order valence-corrected chi connectivity index (χ1v) is 5.58. The molecule has 0 spiro atoms. The van der Waals surface area contributed by atoms with Gasteiger partial charge in [0, 0.05) is 18.9 Å². The lowest BCUT2D eigenvalue weighted by Gasteiger charge is -2.27. The van der Waals surface area contributed by atoms with Crippen LogP contribution in [0.5, 0.6) is 0 Å². The molecule has 1 fully saturated rings. The van der Waals surface area contributed by atoms with Gasteiger partial charge in [-0.05, 0) is 6.92 Å². The quantitative estimate of drug-likeness (QED) is 0.792. The molecule has 1 saturated heterocycles. The van der Waals surface area contributed by atoms with Gasteiger partial charge in [-0.15, -0.1) is 5.10 Å². The van der Waals surface area contributed by atoms with E-state index in [1.54, 1.807) is 12.4 Å². The van der Waals surface area contributed by atoms with Crippen LogP contribution in [0.15, 0.2) is 17.2 Å². The van der Waals surface area contributed by atoms with Crippen molar-refractivity contribution < 1.29 is 4.74 Å². The van der Waals surface area contributed by atoms with E-state index < -0.39 is 0 Å². The normalized spacial score (nSPS) is 16.1. The van der Waals surface area contributed by atoms with Crippen LogP contribution in [0.1, 0.15) is 6.92 Å². The van der Waals surface area contributed by atoms with Gasteiger partial charge in [0.2, 0.25) is 5.65 Å². The molecule has 7 nitrogen and oxygen atoms in total. The van der Waals surface area contributed by atoms with Crippen molar-refractivity contribution in [3.05, 3.63) is 22.9 Å². The highest BCUT2D eigenvalue weighted by molar-refractivity contribution is 5.62. The summed E-state index contributed by atoms with van der Waals surface area (Å²) >= 11 is 0. The van der Waals surface area contributed by atoms with Crippen molar-refractivity contribution in [3.8, 4) is 0 Å². The molecule has 0 aliphatic carbocycles. The predicted octanol–water partition coefficient (Wildman–Crippen LogP) is -0.278. The molecule has 0 unspecified atom stereocenters. The SMILES string of the molecule is CCn1nc2c(NC3COC3)nccn2c1=O. The fourth-order valence-corrected chi connectivity index (χ4v) is 1.77. The second-order valence-electron chi connectivity index (χ2n) is 3.95. The molecule has 90 valence electrons. The molecular weight excluding hydrogens is 222 g/mol. The van der Waals surface area contributed by atoms with Crippen LogP contribution in [-0.2, 0) is 11.3 Å². The Bertz CT molecular complexity index is 598. The zero-order chi connectivity index (χ0) is 11.8. The molecule has 2 aromatic rings. The van der Waals surface area contributed by atoms with Gasteiger partial charge < -0.3 is 10.1 Å². The Morgan fingerprint density at radius 1 is 1.59 bits per heavy atom. The van der Waals surface area contributed by atoms with Gasteiger partial charge in [-0.1, -0.05) is 0 Å². The first kappa shape index (κ1) is 10.3. The van der Waals surface area contributed by atoms with Gasteiger partial charge >= 0.3 is 5.69 Å². The second kappa shape index (κ2) is 3.85. The van der Waals surface area contributed by atoms with E-state index in [0.717, 1.165) is 0 Å². The van der Waals surface area contributed by atoms with Crippen LogP contribution in [0.2, 0.25) is 0 Å². The Labute approximate surface area is 97.0 Å². The molecule has 1 aliphatic heterocycles. The van der Waals surface area contributed by atoms with Crippen molar-refractivity contribution in [1.82, 2.24) is 19.2 Å². The largest absolute Gasteiger partial charge is 0.377 e. The summed E-state index contributed by atoms with van der Waals surface area (Å²) in [4.78, 5) is 16.1. The van der Waals surface area contributed by atoms with Crippen LogP contribution < -0.4 is 11.0 Å². The Kier molecular flexibility index (Phi) is 2.32. The zero-order valence-corrected chi connectivity index (χ0v) is 9.46. The third-order valence-electron chi connectivity index (χ3n) is 2.78. The summed E-state index contributed by atoms with van der Waals surface area (Å²) in [6.07, 6.45) is 3.22. The molecule has 1 aliphatic rings. The van der Waals surface area contributed by atoms with E-state index in [9.17, 15) is 4.79 Å². The minimum Gasteiger partial charge on any atom is -0.377 e. The van der Waals surface area contributed by atoms with Crippen LogP contribution >= 0.6 is 0 Å². The van der Waals surface area contributed by atoms with Crippen LogP contribution in [-0.4, -0.2) is 38.4 Å². The molecule has 0 aromatic carbocycles. The molecule has 0 saturated carbocycles. The summed E-state index contributed by atoms with van der Waals surface area (Å²) in [7, 11) is 0. The monoisotopic (exact) mass is 235 g/mol. The summed E-state index contributed by atoms with van der Waals surface area (Å²) < 4.78 is 8.00. The topological polar surface area (TPSA) is 73.4 Å². The van der Waals surface area contributed by atoms with Crippen molar-refractivity contribution in [2.45, 2.75) is 19.5 Å². The maximum absolute atomic E-state index is 11.9. The van der Waals surface area contributed by atoms with Gasteiger partial charge in [-0.2, -0.15) is 0 Å². The molecule has 2 aromatic heterocycles. The smallest absolute Gasteiger partial charge is 0.350 e. The van der Waals surface area contributed by atoms with E-state index in [1.807, 2.05) is 6.92 Å². The van der Waals surface area contributed by atoms with Crippen molar-refractivity contribution in [2.75, 3.05) is 18.5 Å². The lowest BCUT2D eigenvalue weighted by molar-refractivity contribution is 0.0210. The molecule has 0 radical (unpaired) electrons. The number of aromatic nitrogens is 4. The Morgan fingerprint density at radius 2 is 2.41 bits per heavy atom. The van der Waals surface area contributed by atoms with Crippen LogP contribution in [0.4, 0.5) is 5.82 Å². The Balaban J connectivity index is 2.08. The Morgan fingerprint density at radius 3 is 3.06 bits per heavy atom. The number of fused-ring (bicyclic) bond motifs is 1. The molecule has 0 bridgehead atoms. The van der Waals surface area contributed by atoms with E-state index in [1.165, 1.54) is 9.08 Å². The van der Waals surface area contributed by atoms with Gasteiger partial charge in [0.15, 0.2) is 5.82 Å². The van der Waals surface area contributed by atoms with E-state index in [-0.39, 0.29) is 11.7 Å². The van der Waals surface area contributed by atoms with E-state index in [0.29, 0.717) is 31.2 Å². The first-order valence-electron chi connectivity index (χ1n) is 5.58. The molecule has 0 amide bonds. The van der Waals surface area contributed by atoms with Crippen molar-refractivity contribution in [2.24, 2.45) is 0 Å². The Hall–Kier alpha value is -1.89. The average molecular weight is 235 g/mol. The predicted molar refractivity (Wildman–Crippen MR) is 61.2 cm³/mol. The standard InChI is InChI=1S/C10H13N5O2/c1-2-15-10(16)14-4-3-11-8(9(14)13-15)12-7-5-17-6-7/h3-4,7H,2,5-6H2,1H3,(H,11,12). The fraction of sp³-hybridized carbons (Fsp3) is 0.500. The number of hydrogen-bond acceptors (Lipinski definition) is 5. The van der Waals surface area contributed by atoms with Gasteiger partial charge in [0.1, 0.15) is 0 Å². The molecule has 1 N–H and O–H groups in total. The summed E-state index contributed by atoms with van der Waals surface area (Å²) in [6, 6.07) is 0.260. The zero-order valence-electron chi connectivity index (χ0n) is 9.46. The molecule has 17 heavy (non-hydrogen) atoms. The van der Waals surface area contributed by atoms with Crippen molar-refractivity contribution >= 4 is 11.5 Å². The number of anilines is 1. The van der Waals surface area contributed by atoms with Crippen LogP contribution in [0.25, 0.3) is 5.65 Å². The summed E-state index contributed by atoms with van der Waals surface area (Å²) in [5.74, 6) is 0.630. The summed E-state index contributed by atoms with van der Waals surface area (Å²) in [5, 5.41) is 7.46. The van der Waals surface area contributed by atoms with Crippen LogP contribution in [0, 0.1) is 0 Å². The average Bonchev–Trinajstić information content (AvgIpc) is 2.62. The number of hydrogen-bond donors (Lipinski definition) is 1. The minimum atomic E-state index is -0.141. The highest BCUT2D eigenvalue weighted by atomic mass is 16.5. The number of aryl methyl sites for hydroxylation is 1. The van der Waals surface area contributed by atoms with E-state index in [2.05, 4.69) is 15.4 Å². The number of ether oxygens (including phenoxy) is 1. The minimum absolute atomic E-state index is 0.141. The summed E-state index contributed by atoms with van der Waals surface area (Å²) in [6.45, 7) is 3.77. The number of rotatable bonds is 3.